The second kappa shape index (κ2) is 6.62. The summed E-state index contributed by atoms with van der Waals surface area (Å²) in [6.45, 7) is 0. The van der Waals surface area contributed by atoms with Gasteiger partial charge in [0.2, 0.25) is 11.4 Å². The number of carbonyl (C=O) groups excluding carboxylic acids is 3. The summed E-state index contributed by atoms with van der Waals surface area (Å²) in [6, 6.07) is 6.23. The van der Waals surface area contributed by atoms with Gasteiger partial charge in [0.25, 0.3) is 0 Å². The monoisotopic (exact) mass is 411 g/mol. The molecule has 0 amide bonds. The number of nitriles is 1. The van der Waals surface area contributed by atoms with Gasteiger partial charge in [-0.05, 0) is 30.4 Å². The molecule has 2 unspecified atom stereocenters. The molecule has 3 aliphatic rings. The first-order valence-corrected chi connectivity index (χ1v) is 9.19. The van der Waals surface area contributed by atoms with Gasteiger partial charge in [-0.1, -0.05) is 12.1 Å². The Balaban J connectivity index is 1.98. The highest BCUT2D eigenvalue weighted by molar-refractivity contribution is 6.14. The number of phenolic OH excluding ortho intramolecular Hbond substituents is 1. The Hall–Kier alpha value is -3.80. The Morgan fingerprint density at radius 1 is 1.23 bits per heavy atom. The molecule has 0 radical (unpaired) electrons. The summed E-state index contributed by atoms with van der Waals surface area (Å²) in [5, 5.41) is 41.1. The molecule has 3 atom stereocenters. The van der Waals surface area contributed by atoms with Crippen LogP contribution in [-0.4, -0.2) is 45.8 Å². The fourth-order valence-electron chi connectivity index (χ4n) is 4.75. The topological polar surface area (TPSA) is 154 Å². The van der Waals surface area contributed by atoms with E-state index >= 15 is 0 Å². The first-order valence-electron chi connectivity index (χ1n) is 9.19. The molecule has 3 aliphatic carbocycles. The van der Waals surface area contributed by atoms with Crippen LogP contribution in [0, 0.1) is 23.2 Å². The molecule has 154 valence electrons. The standard InChI is InChI=1S/C21H17NO8/c1-29-20(28)30-21-11(7-14(24)12(8-22)18(21)26)6-10-5-9-3-2-4-13(23)15(9)17(25)16(10)19(21)27/h2-4,10-11,23,25-26H,5-7H2,1H3/t10?,11?,21-/m1/s1. The second-order valence-electron chi connectivity index (χ2n) is 7.49. The second-order valence-corrected chi connectivity index (χ2v) is 7.49. The van der Waals surface area contributed by atoms with Crippen molar-refractivity contribution in [2.75, 3.05) is 7.11 Å². The number of aliphatic hydroxyl groups is 2. The number of phenols is 1. The Morgan fingerprint density at radius 3 is 2.63 bits per heavy atom. The molecule has 3 N–H and O–H groups in total. The lowest BCUT2D eigenvalue weighted by Gasteiger charge is -2.47. The van der Waals surface area contributed by atoms with Crippen molar-refractivity contribution in [2.45, 2.75) is 24.9 Å². The molecule has 0 aliphatic heterocycles. The van der Waals surface area contributed by atoms with Crippen LogP contribution in [0.25, 0.3) is 5.76 Å². The molecule has 1 saturated carbocycles. The highest BCUT2D eigenvalue weighted by Crippen LogP contribution is 2.53. The number of aromatic hydroxyl groups is 1. The predicted octanol–water partition coefficient (Wildman–Crippen LogP) is 2.25. The Morgan fingerprint density at radius 2 is 1.97 bits per heavy atom. The van der Waals surface area contributed by atoms with Gasteiger partial charge in [-0.2, -0.15) is 5.26 Å². The van der Waals surface area contributed by atoms with Crippen molar-refractivity contribution in [2.24, 2.45) is 11.8 Å². The van der Waals surface area contributed by atoms with Gasteiger partial charge < -0.3 is 24.8 Å². The van der Waals surface area contributed by atoms with Crippen molar-refractivity contribution in [1.82, 2.24) is 0 Å². The summed E-state index contributed by atoms with van der Waals surface area (Å²) < 4.78 is 9.72. The maximum absolute atomic E-state index is 13.6. The maximum atomic E-state index is 13.6. The fourth-order valence-corrected chi connectivity index (χ4v) is 4.75. The first kappa shape index (κ1) is 19.5. The number of Topliss-reactive ketones (excluding diaryl/α,β-unsaturated/α-hetero) is 2. The van der Waals surface area contributed by atoms with Gasteiger partial charge in [0.05, 0.1) is 12.7 Å². The zero-order valence-corrected chi connectivity index (χ0v) is 15.8. The largest absolute Gasteiger partial charge is 0.509 e. The molecule has 9 heteroatoms. The van der Waals surface area contributed by atoms with Gasteiger partial charge in [-0.15, -0.1) is 0 Å². The smallest absolute Gasteiger partial charge is 0.507 e. The maximum Gasteiger partial charge on any atom is 0.509 e. The van der Waals surface area contributed by atoms with Crippen LogP contribution in [0.4, 0.5) is 4.79 Å². The molecular weight excluding hydrogens is 394 g/mol. The molecule has 1 aromatic carbocycles. The van der Waals surface area contributed by atoms with E-state index in [2.05, 4.69) is 4.74 Å². The normalized spacial score (nSPS) is 27.6. The zero-order chi connectivity index (χ0) is 21.8. The number of rotatable bonds is 1. The summed E-state index contributed by atoms with van der Waals surface area (Å²) in [6.07, 6.45) is -1.17. The van der Waals surface area contributed by atoms with Gasteiger partial charge >= 0.3 is 6.16 Å². The summed E-state index contributed by atoms with van der Waals surface area (Å²) in [5.41, 5.74) is -2.48. The lowest BCUT2D eigenvalue weighted by Crippen LogP contribution is -2.59. The van der Waals surface area contributed by atoms with Crippen LogP contribution in [0.2, 0.25) is 0 Å². The summed E-state index contributed by atoms with van der Waals surface area (Å²) in [4.78, 5) is 37.9. The zero-order valence-electron chi connectivity index (χ0n) is 15.8. The third-order valence-electron chi connectivity index (χ3n) is 6.04. The average Bonchev–Trinajstić information content (AvgIpc) is 2.70. The summed E-state index contributed by atoms with van der Waals surface area (Å²) >= 11 is 0. The number of ketones is 2. The van der Waals surface area contributed by atoms with E-state index in [1.807, 2.05) is 0 Å². The van der Waals surface area contributed by atoms with Crippen LogP contribution in [0.3, 0.4) is 0 Å². The van der Waals surface area contributed by atoms with Gasteiger partial charge in [-0.25, -0.2) is 4.79 Å². The minimum Gasteiger partial charge on any atom is -0.507 e. The number of methoxy groups -OCH3 is 1. The van der Waals surface area contributed by atoms with E-state index < -0.39 is 52.3 Å². The lowest BCUT2D eigenvalue weighted by molar-refractivity contribution is -0.151. The molecule has 9 nitrogen and oxygen atoms in total. The van der Waals surface area contributed by atoms with Crippen LogP contribution in [0.15, 0.2) is 35.1 Å². The van der Waals surface area contributed by atoms with E-state index in [4.69, 9.17) is 4.74 Å². The highest BCUT2D eigenvalue weighted by Gasteiger charge is 2.63. The number of benzene rings is 1. The van der Waals surface area contributed by atoms with E-state index in [9.17, 15) is 35.0 Å². The Kier molecular flexibility index (Phi) is 4.31. The number of nitrogens with zero attached hydrogens (tertiary/aromatic N) is 1. The summed E-state index contributed by atoms with van der Waals surface area (Å²) in [7, 11) is 1.01. The minimum atomic E-state index is -2.37. The quantitative estimate of drug-likeness (QED) is 0.590. The van der Waals surface area contributed by atoms with Crippen molar-refractivity contribution >= 4 is 23.5 Å². The SMILES string of the molecule is COC(=O)O[C@]12C(=O)C3=C(O)c4c(O)cccc4CC3CC1CC(=O)C(C#N)=C2O. The number of allylic oxidation sites excluding steroid dienone is 1. The molecule has 4 rings (SSSR count). The molecular formula is C21H17NO8. The number of ether oxygens (including phenoxy) is 2. The first-order chi connectivity index (χ1) is 14.3. The van der Waals surface area contributed by atoms with Gasteiger partial charge in [-0.3, -0.25) is 9.59 Å². The third-order valence-corrected chi connectivity index (χ3v) is 6.04. The lowest BCUT2D eigenvalue weighted by atomic mass is 9.59. The van der Waals surface area contributed by atoms with Crippen molar-refractivity contribution in [3.8, 4) is 11.8 Å². The number of hydrogen-bond acceptors (Lipinski definition) is 9. The molecule has 0 spiro atoms. The van der Waals surface area contributed by atoms with Crippen molar-refractivity contribution in [3.63, 3.8) is 0 Å². The molecule has 0 aromatic heterocycles. The number of carbonyl (C=O) groups is 3. The van der Waals surface area contributed by atoms with Crippen LogP contribution in [-0.2, 0) is 25.5 Å². The van der Waals surface area contributed by atoms with Crippen molar-refractivity contribution in [1.29, 1.82) is 5.26 Å². The molecule has 1 fully saturated rings. The highest BCUT2D eigenvalue weighted by atomic mass is 16.7. The van der Waals surface area contributed by atoms with E-state index in [1.54, 1.807) is 18.2 Å². The van der Waals surface area contributed by atoms with Crippen molar-refractivity contribution < 1.29 is 39.2 Å². The molecule has 30 heavy (non-hydrogen) atoms. The third kappa shape index (κ3) is 2.43. The number of fused-ring (bicyclic) bond motifs is 3. The molecule has 1 aromatic rings. The molecule has 0 bridgehead atoms. The minimum absolute atomic E-state index is 0.0830. The van der Waals surface area contributed by atoms with Crippen LogP contribution in [0.1, 0.15) is 24.0 Å². The summed E-state index contributed by atoms with van der Waals surface area (Å²) in [5.74, 6) is -4.78. The Bertz CT molecular complexity index is 1110. The van der Waals surface area contributed by atoms with E-state index in [-0.39, 0.29) is 29.7 Å². The fraction of sp³-hybridized carbons (Fsp3) is 0.333. The van der Waals surface area contributed by atoms with Gasteiger partial charge in [0.1, 0.15) is 23.2 Å². The molecule has 0 saturated heterocycles. The van der Waals surface area contributed by atoms with Gasteiger partial charge in [0, 0.05) is 17.9 Å². The number of aliphatic hydroxyl groups excluding tert-OH is 2. The van der Waals surface area contributed by atoms with Gasteiger partial charge in [0.15, 0.2) is 11.5 Å². The molecule has 0 heterocycles. The van der Waals surface area contributed by atoms with Crippen molar-refractivity contribution in [3.05, 3.63) is 46.2 Å². The van der Waals surface area contributed by atoms with E-state index in [0.717, 1.165) is 7.11 Å². The Labute approximate surface area is 170 Å². The van der Waals surface area contributed by atoms with Crippen LogP contribution in [0.5, 0.6) is 5.75 Å². The van der Waals surface area contributed by atoms with Crippen LogP contribution >= 0.6 is 0 Å². The van der Waals surface area contributed by atoms with Crippen LogP contribution < -0.4 is 0 Å². The van der Waals surface area contributed by atoms with E-state index in [1.165, 1.54) is 6.07 Å². The number of hydrogen-bond donors (Lipinski definition) is 3. The van der Waals surface area contributed by atoms with E-state index in [0.29, 0.717) is 12.0 Å². The average molecular weight is 411 g/mol. The predicted molar refractivity (Wildman–Crippen MR) is 99.1 cm³/mol.